The molecular formula is C34H33N3O6S2. The van der Waals surface area contributed by atoms with E-state index in [0.717, 1.165) is 23.3 Å². The largest absolute Gasteiger partial charge is 0.507 e. The lowest BCUT2D eigenvalue weighted by atomic mass is 9.94. The average Bonchev–Trinajstić information content (AvgIpc) is 3.74. The van der Waals surface area contributed by atoms with Gasteiger partial charge in [0.25, 0.3) is 5.78 Å². The normalized spacial score (nSPS) is 18.6. The van der Waals surface area contributed by atoms with E-state index in [1.807, 2.05) is 57.2 Å². The number of aliphatic hydroxyl groups excluding tert-OH is 1. The lowest BCUT2D eigenvalue weighted by Gasteiger charge is -2.23. The van der Waals surface area contributed by atoms with Gasteiger partial charge in [-0.1, -0.05) is 66.4 Å². The second kappa shape index (κ2) is 13.3. The summed E-state index contributed by atoms with van der Waals surface area (Å²) in [5.74, 6) is 0.595. The highest BCUT2D eigenvalue weighted by molar-refractivity contribution is 8.00. The highest BCUT2D eigenvalue weighted by Crippen LogP contribution is 2.46. The van der Waals surface area contributed by atoms with E-state index in [0.29, 0.717) is 52.4 Å². The topological polar surface area (TPSA) is 111 Å². The van der Waals surface area contributed by atoms with Gasteiger partial charge in [-0.15, -0.1) is 10.2 Å². The molecule has 4 aromatic rings. The van der Waals surface area contributed by atoms with Crippen LogP contribution >= 0.6 is 23.1 Å². The van der Waals surface area contributed by atoms with Crippen LogP contribution in [-0.2, 0) is 21.8 Å². The second-order valence-corrected chi connectivity index (χ2v) is 12.9. The van der Waals surface area contributed by atoms with Gasteiger partial charge in [0.2, 0.25) is 5.13 Å². The van der Waals surface area contributed by atoms with Gasteiger partial charge in [-0.2, -0.15) is 0 Å². The van der Waals surface area contributed by atoms with Crippen LogP contribution < -0.4 is 19.1 Å². The number of anilines is 1. The third-order valence-electron chi connectivity index (χ3n) is 7.47. The molecule has 9 nitrogen and oxygen atoms in total. The van der Waals surface area contributed by atoms with Gasteiger partial charge in [0.1, 0.15) is 17.6 Å². The van der Waals surface area contributed by atoms with Crippen molar-refractivity contribution in [3.63, 3.8) is 0 Å². The third-order valence-corrected chi connectivity index (χ3v) is 9.59. The van der Waals surface area contributed by atoms with Gasteiger partial charge in [-0.05, 0) is 67.3 Å². The quantitative estimate of drug-likeness (QED) is 0.0609. The van der Waals surface area contributed by atoms with Crippen molar-refractivity contribution < 1.29 is 28.9 Å². The van der Waals surface area contributed by atoms with Crippen LogP contribution in [0.25, 0.3) is 5.76 Å². The van der Waals surface area contributed by atoms with Crippen molar-refractivity contribution in [3.8, 4) is 17.2 Å². The lowest BCUT2D eigenvalue weighted by Crippen LogP contribution is -2.29. The summed E-state index contributed by atoms with van der Waals surface area (Å²) >= 11 is 2.72. The molecule has 1 fully saturated rings. The van der Waals surface area contributed by atoms with Crippen molar-refractivity contribution in [2.45, 2.75) is 55.9 Å². The van der Waals surface area contributed by atoms with E-state index in [2.05, 4.69) is 10.2 Å². The van der Waals surface area contributed by atoms with Crippen molar-refractivity contribution in [1.82, 2.24) is 10.2 Å². The van der Waals surface area contributed by atoms with E-state index in [9.17, 15) is 14.7 Å². The number of aromatic nitrogens is 2. The van der Waals surface area contributed by atoms with Gasteiger partial charge in [0.05, 0.1) is 24.8 Å². The summed E-state index contributed by atoms with van der Waals surface area (Å²) in [6, 6.07) is 19.6. The van der Waals surface area contributed by atoms with Crippen LogP contribution in [0.3, 0.4) is 0 Å². The molecule has 2 atom stereocenters. The van der Waals surface area contributed by atoms with Crippen LogP contribution in [0, 0.1) is 0 Å². The van der Waals surface area contributed by atoms with Crippen molar-refractivity contribution >= 4 is 45.7 Å². The van der Waals surface area contributed by atoms with Crippen molar-refractivity contribution in [2.75, 3.05) is 18.1 Å². The van der Waals surface area contributed by atoms with E-state index in [1.54, 1.807) is 30.3 Å². The number of rotatable bonds is 11. The maximum absolute atomic E-state index is 13.8. The molecule has 1 saturated heterocycles. The molecule has 0 spiro atoms. The summed E-state index contributed by atoms with van der Waals surface area (Å²) < 4.78 is 18.3. The zero-order chi connectivity index (χ0) is 31.5. The van der Waals surface area contributed by atoms with E-state index < -0.39 is 17.7 Å². The van der Waals surface area contributed by atoms with E-state index >= 15 is 0 Å². The summed E-state index contributed by atoms with van der Waals surface area (Å²) in [6.07, 6.45) is 1.51. The Morgan fingerprint density at radius 2 is 1.87 bits per heavy atom. The molecule has 3 aromatic carbocycles. The summed E-state index contributed by atoms with van der Waals surface area (Å²) in [5, 5.41) is 20.6. The number of nitrogens with zero attached hydrogens (tertiary/aromatic N) is 3. The van der Waals surface area contributed by atoms with Crippen molar-refractivity contribution in [1.29, 1.82) is 0 Å². The van der Waals surface area contributed by atoms with Gasteiger partial charge in [0, 0.05) is 17.7 Å². The minimum Gasteiger partial charge on any atom is -0.507 e. The maximum atomic E-state index is 13.8. The Morgan fingerprint density at radius 1 is 1.04 bits per heavy atom. The monoisotopic (exact) mass is 643 g/mol. The molecule has 0 aliphatic carbocycles. The maximum Gasteiger partial charge on any atom is 0.301 e. The number of benzene rings is 3. The molecule has 0 unspecified atom stereocenters. The summed E-state index contributed by atoms with van der Waals surface area (Å²) in [7, 11) is 0. The van der Waals surface area contributed by atoms with Gasteiger partial charge < -0.3 is 19.3 Å². The number of carbonyl (C=O) groups is 2. The first-order chi connectivity index (χ1) is 21.9. The molecule has 2 aliphatic heterocycles. The van der Waals surface area contributed by atoms with Crippen molar-refractivity contribution in [3.05, 3.63) is 94.6 Å². The molecule has 3 heterocycles. The molecule has 1 N–H and O–H groups in total. The molecule has 1 amide bonds. The summed E-state index contributed by atoms with van der Waals surface area (Å²) in [4.78, 5) is 28.9. The highest BCUT2D eigenvalue weighted by atomic mass is 32.2. The fraction of sp³-hybridized carbons (Fsp3) is 0.294. The summed E-state index contributed by atoms with van der Waals surface area (Å²) in [5.41, 5.74) is 3.01. The Labute approximate surface area is 269 Å². The number of ether oxygens (including phenoxy) is 3. The highest BCUT2D eigenvalue weighted by Gasteiger charge is 2.48. The Kier molecular flexibility index (Phi) is 9.09. The number of Topliss-reactive ketones (excluding diaryl/α,β-unsaturated/α-hetero) is 1. The van der Waals surface area contributed by atoms with E-state index in [1.165, 1.54) is 28.0 Å². The number of amides is 1. The Balaban J connectivity index is 1.43. The lowest BCUT2D eigenvalue weighted by molar-refractivity contribution is -0.132. The minimum absolute atomic E-state index is 0.0137. The number of carbonyl (C=O) groups excluding carboxylic acids is 2. The Hall–Kier alpha value is -4.35. The SMILES string of the molecule is CCCOc1ccc([C@@H]2/C(=C(\O)c3ccc4c(c3)C[C@H](C)O4)C(=O)C(=O)N2c2nnc(SCc3ccccc3)s2)cc1OCC. The molecule has 232 valence electrons. The zero-order valence-corrected chi connectivity index (χ0v) is 26.8. The predicted molar refractivity (Wildman–Crippen MR) is 174 cm³/mol. The standard InChI is InChI=1S/C34H33N3O6S2/c1-4-15-42-26-14-11-22(18-27(26)41-5-2)29-28(30(38)23-12-13-25-24(17-23)16-20(3)43-25)31(39)32(40)37(29)33-35-36-34(45-33)44-19-21-9-7-6-8-10-21/h6-14,17-18,20,29,38H,4-5,15-16,19H2,1-3H3/b30-28+/t20-,29+/m0/s1. The molecule has 45 heavy (non-hydrogen) atoms. The van der Waals surface area contributed by atoms with Crippen molar-refractivity contribution in [2.24, 2.45) is 0 Å². The first kappa shape index (κ1) is 30.7. The smallest absolute Gasteiger partial charge is 0.301 e. The average molecular weight is 644 g/mol. The fourth-order valence-electron chi connectivity index (χ4n) is 5.44. The zero-order valence-electron chi connectivity index (χ0n) is 25.2. The predicted octanol–water partition coefficient (Wildman–Crippen LogP) is 6.97. The van der Waals surface area contributed by atoms with Crippen LogP contribution in [0.2, 0.25) is 0 Å². The minimum atomic E-state index is -0.979. The van der Waals surface area contributed by atoms with Gasteiger partial charge in [-0.25, -0.2) is 0 Å². The molecule has 6 rings (SSSR count). The summed E-state index contributed by atoms with van der Waals surface area (Å²) in [6.45, 7) is 6.76. The van der Waals surface area contributed by atoms with Crippen LogP contribution in [-0.4, -0.2) is 46.3 Å². The number of aliphatic hydroxyl groups is 1. The number of hydrogen-bond donors (Lipinski definition) is 1. The van der Waals surface area contributed by atoms with Gasteiger partial charge in [-0.3, -0.25) is 14.5 Å². The van der Waals surface area contributed by atoms with E-state index in [-0.39, 0.29) is 22.6 Å². The second-order valence-electron chi connectivity index (χ2n) is 10.7. The Morgan fingerprint density at radius 3 is 2.64 bits per heavy atom. The number of ketones is 1. The third kappa shape index (κ3) is 6.27. The first-order valence-electron chi connectivity index (χ1n) is 14.9. The van der Waals surface area contributed by atoms with Crippen LogP contribution in [0.4, 0.5) is 5.13 Å². The van der Waals surface area contributed by atoms with Crippen LogP contribution in [0.5, 0.6) is 17.2 Å². The molecule has 0 radical (unpaired) electrons. The number of thioether (sulfide) groups is 1. The molecule has 2 aliphatic rings. The Bertz CT molecular complexity index is 1760. The first-order valence-corrected chi connectivity index (χ1v) is 16.7. The van der Waals surface area contributed by atoms with Gasteiger partial charge >= 0.3 is 5.91 Å². The number of hydrogen-bond acceptors (Lipinski definition) is 10. The van der Waals surface area contributed by atoms with Gasteiger partial charge in [0.15, 0.2) is 15.8 Å². The molecule has 11 heteroatoms. The number of fused-ring (bicyclic) bond motifs is 1. The molecule has 0 saturated carbocycles. The molecule has 1 aromatic heterocycles. The van der Waals surface area contributed by atoms with E-state index in [4.69, 9.17) is 14.2 Å². The van der Waals surface area contributed by atoms with Crippen LogP contribution in [0.15, 0.2) is 76.6 Å². The fourth-order valence-corrected chi connectivity index (χ4v) is 7.27. The molecular weight excluding hydrogens is 611 g/mol. The van der Waals surface area contributed by atoms with Crippen LogP contribution in [0.1, 0.15) is 55.5 Å². The molecule has 0 bridgehead atoms.